The van der Waals surface area contributed by atoms with E-state index in [4.69, 9.17) is 14.2 Å². The van der Waals surface area contributed by atoms with Crippen molar-refractivity contribution in [3.8, 4) is 11.5 Å². The smallest absolute Gasteiger partial charge is 0.413 e. The van der Waals surface area contributed by atoms with Gasteiger partial charge in [0.2, 0.25) is 5.95 Å². The third kappa shape index (κ3) is 8.24. The van der Waals surface area contributed by atoms with E-state index in [1.54, 1.807) is 32.0 Å². The molecule has 178 valence electrons. The number of ether oxygens (including phenoxy) is 4. The zero-order valence-corrected chi connectivity index (χ0v) is 19.4. The van der Waals surface area contributed by atoms with Gasteiger partial charge in [-0.1, -0.05) is 12.1 Å². The predicted octanol–water partition coefficient (Wildman–Crippen LogP) is 5.18. The van der Waals surface area contributed by atoms with Crippen LogP contribution in [0.3, 0.4) is 0 Å². The number of rotatable bonds is 7. The molecule has 2 amide bonds. The van der Waals surface area contributed by atoms with E-state index in [1.807, 2.05) is 38.1 Å². The van der Waals surface area contributed by atoms with Gasteiger partial charge in [0.15, 0.2) is 11.5 Å². The van der Waals surface area contributed by atoms with Crippen molar-refractivity contribution in [1.29, 1.82) is 0 Å². The molecule has 10 nitrogen and oxygen atoms in total. The summed E-state index contributed by atoms with van der Waals surface area (Å²) in [6, 6.07) is 12.7. The van der Waals surface area contributed by atoms with Gasteiger partial charge in [0.05, 0.1) is 37.5 Å². The number of methoxy groups -OCH3 is 1. The van der Waals surface area contributed by atoms with E-state index in [0.29, 0.717) is 36.3 Å². The van der Waals surface area contributed by atoms with Gasteiger partial charge in [-0.25, -0.2) is 14.6 Å². The predicted molar refractivity (Wildman–Crippen MR) is 126 cm³/mol. The summed E-state index contributed by atoms with van der Waals surface area (Å²) >= 11 is 0. The Bertz CT molecular complexity index is 1020. The molecule has 0 unspecified atom stereocenters. The molecule has 33 heavy (non-hydrogen) atoms. The molecule has 0 saturated carbocycles. The molecule has 0 bridgehead atoms. The zero-order chi connectivity index (χ0) is 24.2. The first-order chi connectivity index (χ1) is 15.9. The number of carbonyl (C=O) groups excluding carboxylic acids is 2. The summed E-state index contributed by atoms with van der Waals surface area (Å²) in [4.78, 5) is 29.4. The van der Waals surface area contributed by atoms with Crippen LogP contribution in [0.2, 0.25) is 0 Å². The highest BCUT2D eigenvalue weighted by molar-refractivity contribution is 5.86. The minimum Gasteiger partial charge on any atom is -0.490 e. The first-order valence-corrected chi connectivity index (χ1v) is 10.5. The highest BCUT2D eigenvalue weighted by atomic mass is 16.6. The number of H-pyrrole nitrogens is 1. The number of benzene rings is 2. The lowest BCUT2D eigenvalue weighted by atomic mass is 10.2. The molecule has 3 aromatic rings. The molecule has 0 radical (unpaired) electrons. The minimum atomic E-state index is -0.538. The van der Waals surface area contributed by atoms with Crippen LogP contribution < -0.4 is 20.1 Å². The second-order valence-electron chi connectivity index (χ2n) is 6.83. The van der Waals surface area contributed by atoms with E-state index in [9.17, 15) is 9.59 Å². The van der Waals surface area contributed by atoms with E-state index >= 15 is 0 Å². The van der Waals surface area contributed by atoms with E-state index in [1.165, 1.54) is 7.11 Å². The maximum Gasteiger partial charge on any atom is 0.413 e. The van der Waals surface area contributed by atoms with E-state index < -0.39 is 12.2 Å². The standard InChI is InChI=1S/C14H21NO4.C9H9N3O2/c1-5-17-12-8-7-11(9-13(12)18-6-2)15-14(16)19-10(3)4;1-14-9(13)12-8-10-6-4-2-3-5-7(6)11-8/h7-10H,5-6H2,1-4H3,(H,15,16);2-5H,1H3,(H2,10,11,12,13). The van der Waals surface area contributed by atoms with Crippen LogP contribution in [0.15, 0.2) is 42.5 Å². The van der Waals surface area contributed by atoms with Crippen molar-refractivity contribution in [2.45, 2.75) is 33.8 Å². The molecule has 0 aliphatic heterocycles. The van der Waals surface area contributed by atoms with Crippen molar-refractivity contribution >= 4 is 34.9 Å². The van der Waals surface area contributed by atoms with Gasteiger partial charge in [-0.15, -0.1) is 0 Å². The van der Waals surface area contributed by atoms with Crippen molar-refractivity contribution in [3.63, 3.8) is 0 Å². The van der Waals surface area contributed by atoms with Gasteiger partial charge < -0.3 is 23.9 Å². The van der Waals surface area contributed by atoms with Crippen LogP contribution in [-0.2, 0) is 9.47 Å². The van der Waals surface area contributed by atoms with Gasteiger partial charge in [0, 0.05) is 11.8 Å². The SMILES string of the molecule is CCOc1ccc(NC(=O)OC(C)C)cc1OCC.COC(=O)Nc1nc2ccccc2[nH]1. The number of fused-ring (bicyclic) bond motifs is 1. The largest absolute Gasteiger partial charge is 0.490 e. The number of amides is 2. The summed E-state index contributed by atoms with van der Waals surface area (Å²) in [5.41, 5.74) is 2.29. The number of imidazole rings is 1. The van der Waals surface area contributed by atoms with Gasteiger partial charge in [-0.3, -0.25) is 10.6 Å². The number of hydrogen-bond acceptors (Lipinski definition) is 7. The molecule has 0 fully saturated rings. The molecular weight excluding hydrogens is 428 g/mol. The van der Waals surface area contributed by atoms with Gasteiger partial charge in [0.25, 0.3) is 0 Å². The number of carbonyl (C=O) groups is 2. The molecule has 1 aromatic heterocycles. The molecule has 1 heterocycles. The summed E-state index contributed by atoms with van der Waals surface area (Å²) in [6.07, 6.45) is -1.18. The Labute approximate surface area is 192 Å². The minimum absolute atomic E-state index is 0.158. The summed E-state index contributed by atoms with van der Waals surface area (Å²) in [5.74, 6) is 1.65. The van der Waals surface area contributed by atoms with Crippen LogP contribution in [0.25, 0.3) is 11.0 Å². The van der Waals surface area contributed by atoms with Crippen molar-refractivity contribution < 1.29 is 28.5 Å². The fourth-order valence-electron chi connectivity index (χ4n) is 2.65. The maximum absolute atomic E-state index is 11.5. The molecule has 3 N–H and O–H groups in total. The summed E-state index contributed by atoms with van der Waals surface area (Å²) in [7, 11) is 1.30. The summed E-state index contributed by atoms with van der Waals surface area (Å²) in [6.45, 7) is 8.47. The Kier molecular flexibility index (Phi) is 9.81. The van der Waals surface area contributed by atoms with Crippen molar-refractivity contribution in [2.24, 2.45) is 0 Å². The lowest BCUT2D eigenvalue weighted by Gasteiger charge is -2.13. The molecule has 2 aromatic carbocycles. The van der Waals surface area contributed by atoms with Crippen molar-refractivity contribution in [2.75, 3.05) is 31.0 Å². The van der Waals surface area contributed by atoms with Crippen LogP contribution in [0.5, 0.6) is 11.5 Å². The van der Waals surface area contributed by atoms with Gasteiger partial charge >= 0.3 is 12.2 Å². The number of para-hydroxylation sites is 2. The Morgan fingerprint density at radius 1 is 0.970 bits per heavy atom. The van der Waals surface area contributed by atoms with Crippen LogP contribution >= 0.6 is 0 Å². The average Bonchev–Trinajstić information content (AvgIpc) is 3.18. The Balaban J connectivity index is 0.000000243. The Morgan fingerprint density at radius 2 is 1.67 bits per heavy atom. The number of aromatic amines is 1. The maximum atomic E-state index is 11.5. The fraction of sp³-hybridized carbons (Fsp3) is 0.348. The van der Waals surface area contributed by atoms with Crippen LogP contribution in [0.4, 0.5) is 21.2 Å². The van der Waals surface area contributed by atoms with E-state index in [2.05, 4.69) is 25.3 Å². The number of anilines is 2. The number of hydrogen-bond donors (Lipinski definition) is 3. The van der Waals surface area contributed by atoms with Gasteiger partial charge in [-0.2, -0.15) is 0 Å². The number of aromatic nitrogens is 2. The second kappa shape index (κ2) is 12.8. The highest BCUT2D eigenvalue weighted by Crippen LogP contribution is 2.30. The molecule has 0 saturated heterocycles. The van der Waals surface area contributed by atoms with Crippen LogP contribution in [-0.4, -0.2) is 48.6 Å². The van der Waals surface area contributed by atoms with Gasteiger partial charge in [0.1, 0.15) is 0 Å². The normalized spacial score (nSPS) is 10.1. The first-order valence-electron chi connectivity index (χ1n) is 10.5. The monoisotopic (exact) mass is 458 g/mol. The Morgan fingerprint density at radius 3 is 2.30 bits per heavy atom. The molecule has 3 rings (SSSR count). The second-order valence-corrected chi connectivity index (χ2v) is 6.83. The lowest BCUT2D eigenvalue weighted by Crippen LogP contribution is -2.18. The summed E-state index contributed by atoms with van der Waals surface area (Å²) < 4.78 is 20.4. The fourth-order valence-corrected chi connectivity index (χ4v) is 2.65. The summed E-state index contributed by atoms with van der Waals surface area (Å²) in [5, 5.41) is 5.10. The van der Waals surface area contributed by atoms with E-state index in [0.717, 1.165) is 11.0 Å². The zero-order valence-electron chi connectivity index (χ0n) is 19.4. The van der Waals surface area contributed by atoms with Crippen LogP contribution in [0.1, 0.15) is 27.7 Å². The quantitative estimate of drug-likeness (QED) is 0.445. The molecule has 0 aliphatic carbocycles. The topological polar surface area (TPSA) is 124 Å². The average molecular weight is 459 g/mol. The van der Waals surface area contributed by atoms with Crippen LogP contribution in [0, 0.1) is 0 Å². The molecule has 0 atom stereocenters. The van der Waals surface area contributed by atoms with E-state index in [-0.39, 0.29) is 6.10 Å². The Hall–Kier alpha value is -3.95. The molecular formula is C23H30N4O6. The first kappa shape index (κ1) is 25.3. The van der Waals surface area contributed by atoms with Crippen molar-refractivity contribution in [3.05, 3.63) is 42.5 Å². The third-order valence-corrected chi connectivity index (χ3v) is 3.93. The van der Waals surface area contributed by atoms with Crippen molar-refractivity contribution in [1.82, 2.24) is 9.97 Å². The number of nitrogens with zero attached hydrogens (tertiary/aromatic N) is 1. The molecule has 10 heteroatoms. The van der Waals surface area contributed by atoms with Gasteiger partial charge in [-0.05, 0) is 52.0 Å². The number of nitrogens with one attached hydrogen (secondary N) is 3. The lowest BCUT2D eigenvalue weighted by molar-refractivity contribution is 0.130. The molecule has 0 aliphatic rings. The highest BCUT2D eigenvalue weighted by Gasteiger charge is 2.10. The molecule has 0 spiro atoms. The third-order valence-electron chi connectivity index (χ3n) is 3.93.